The summed E-state index contributed by atoms with van der Waals surface area (Å²) in [5.74, 6) is 0.916. The zero-order valence-electron chi connectivity index (χ0n) is 14.2. The second-order valence-electron chi connectivity index (χ2n) is 5.89. The quantitative estimate of drug-likeness (QED) is 0.801. The third-order valence-corrected chi connectivity index (χ3v) is 4.43. The number of fused-ring (bicyclic) bond motifs is 1. The Bertz CT molecular complexity index is 460. The third kappa shape index (κ3) is 4.14. The van der Waals surface area contributed by atoms with E-state index >= 15 is 0 Å². The summed E-state index contributed by atoms with van der Waals surface area (Å²) in [7, 11) is 0. The average Bonchev–Trinajstić information content (AvgIpc) is 2.55. The second-order valence-corrected chi connectivity index (χ2v) is 5.89. The van der Waals surface area contributed by atoms with Gasteiger partial charge in [0.15, 0.2) is 0 Å². The van der Waals surface area contributed by atoms with Crippen LogP contribution in [0.15, 0.2) is 18.2 Å². The number of hydrogen-bond acceptors (Lipinski definition) is 4. The summed E-state index contributed by atoms with van der Waals surface area (Å²) in [6.45, 7) is 12.2. The van der Waals surface area contributed by atoms with Gasteiger partial charge in [-0.15, -0.1) is 0 Å². The number of ether oxygens (including phenoxy) is 1. The van der Waals surface area contributed by atoms with Crippen LogP contribution in [0.1, 0.15) is 45.3 Å². The minimum absolute atomic E-state index is 0.420. The molecule has 1 heterocycles. The summed E-state index contributed by atoms with van der Waals surface area (Å²) < 4.78 is 5.80. The van der Waals surface area contributed by atoms with Crippen LogP contribution in [0.2, 0.25) is 0 Å². The van der Waals surface area contributed by atoms with Crippen molar-refractivity contribution in [2.45, 2.75) is 39.7 Å². The molecule has 0 saturated heterocycles. The smallest absolute Gasteiger partial charge is 0.143 e. The van der Waals surface area contributed by atoms with Crippen LogP contribution in [-0.4, -0.2) is 49.3 Å². The third-order valence-electron chi connectivity index (χ3n) is 4.43. The first-order valence-electron chi connectivity index (χ1n) is 8.61. The predicted octanol–water partition coefficient (Wildman–Crippen LogP) is 3.06. The van der Waals surface area contributed by atoms with Crippen LogP contribution in [0.3, 0.4) is 0 Å². The first-order valence-corrected chi connectivity index (χ1v) is 8.61. The molecule has 124 valence electrons. The Morgan fingerprint density at radius 2 is 2.05 bits per heavy atom. The molecule has 0 bridgehead atoms. The SMILES string of the molecule is CCCN1CCOc2cc(C(O)CCN(CC)CC)ccc21. The highest BCUT2D eigenvalue weighted by Gasteiger charge is 2.19. The number of aliphatic hydroxyl groups is 1. The van der Waals surface area contributed by atoms with Crippen molar-refractivity contribution >= 4 is 5.69 Å². The monoisotopic (exact) mass is 306 g/mol. The van der Waals surface area contributed by atoms with Crippen LogP contribution in [0.4, 0.5) is 5.69 Å². The van der Waals surface area contributed by atoms with Gasteiger partial charge < -0.3 is 19.6 Å². The topological polar surface area (TPSA) is 35.9 Å². The fourth-order valence-electron chi connectivity index (χ4n) is 3.01. The molecule has 22 heavy (non-hydrogen) atoms. The molecule has 4 nitrogen and oxygen atoms in total. The van der Waals surface area contributed by atoms with Crippen LogP contribution in [0.25, 0.3) is 0 Å². The molecule has 1 aromatic rings. The highest BCUT2D eigenvalue weighted by Crippen LogP contribution is 2.34. The first-order chi connectivity index (χ1) is 10.7. The fourth-order valence-corrected chi connectivity index (χ4v) is 3.01. The van der Waals surface area contributed by atoms with Gasteiger partial charge in [0, 0.05) is 13.1 Å². The van der Waals surface area contributed by atoms with Crippen molar-refractivity contribution in [3.05, 3.63) is 23.8 Å². The maximum atomic E-state index is 10.4. The molecule has 0 fully saturated rings. The molecule has 0 saturated carbocycles. The van der Waals surface area contributed by atoms with Crippen LogP contribution in [-0.2, 0) is 0 Å². The van der Waals surface area contributed by atoms with Gasteiger partial charge in [0.1, 0.15) is 12.4 Å². The Hall–Kier alpha value is -1.26. The maximum absolute atomic E-state index is 10.4. The summed E-state index contributed by atoms with van der Waals surface area (Å²) >= 11 is 0. The maximum Gasteiger partial charge on any atom is 0.143 e. The molecule has 2 rings (SSSR count). The van der Waals surface area contributed by atoms with Crippen LogP contribution in [0.5, 0.6) is 5.75 Å². The van der Waals surface area contributed by atoms with Gasteiger partial charge in [-0.3, -0.25) is 0 Å². The zero-order chi connectivity index (χ0) is 15.9. The summed E-state index contributed by atoms with van der Waals surface area (Å²) in [6.07, 6.45) is 1.48. The summed E-state index contributed by atoms with van der Waals surface area (Å²) in [4.78, 5) is 4.70. The van der Waals surface area contributed by atoms with E-state index in [-0.39, 0.29) is 0 Å². The van der Waals surface area contributed by atoms with Crippen molar-refractivity contribution in [3.8, 4) is 5.75 Å². The molecule has 1 N–H and O–H groups in total. The fraction of sp³-hybridized carbons (Fsp3) is 0.667. The molecular formula is C18H30N2O2. The molecule has 1 atom stereocenters. The molecule has 0 aliphatic carbocycles. The lowest BCUT2D eigenvalue weighted by Crippen LogP contribution is -2.33. The van der Waals surface area contributed by atoms with E-state index in [4.69, 9.17) is 4.74 Å². The lowest BCUT2D eigenvalue weighted by molar-refractivity contribution is 0.145. The van der Waals surface area contributed by atoms with Crippen molar-refractivity contribution in [2.75, 3.05) is 44.2 Å². The van der Waals surface area contributed by atoms with Gasteiger partial charge in [-0.25, -0.2) is 0 Å². The molecule has 0 aromatic heterocycles. The van der Waals surface area contributed by atoms with Crippen molar-refractivity contribution < 1.29 is 9.84 Å². The number of rotatable bonds is 8. The minimum atomic E-state index is -0.420. The highest BCUT2D eigenvalue weighted by atomic mass is 16.5. The lowest BCUT2D eigenvalue weighted by atomic mass is 10.0. The molecule has 0 radical (unpaired) electrons. The van der Waals surface area contributed by atoms with Gasteiger partial charge in [0.2, 0.25) is 0 Å². The van der Waals surface area contributed by atoms with Gasteiger partial charge >= 0.3 is 0 Å². The molecule has 0 spiro atoms. The van der Waals surface area contributed by atoms with Gasteiger partial charge in [-0.05, 0) is 43.6 Å². The van der Waals surface area contributed by atoms with Crippen molar-refractivity contribution in [1.29, 1.82) is 0 Å². The normalized spacial score (nSPS) is 15.6. The van der Waals surface area contributed by atoms with Crippen LogP contribution < -0.4 is 9.64 Å². The van der Waals surface area contributed by atoms with E-state index in [0.29, 0.717) is 0 Å². The van der Waals surface area contributed by atoms with E-state index < -0.39 is 6.10 Å². The number of anilines is 1. The first kappa shape index (κ1) is 17.1. The second kappa shape index (κ2) is 8.39. The molecule has 0 amide bonds. The zero-order valence-corrected chi connectivity index (χ0v) is 14.2. The molecule has 1 aliphatic heterocycles. The lowest BCUT2D eigenvalue weighted by Gasteiger charge is -2.31. The molecule has 4 heteroatoms. The standard InChI is InChI=1S/C18H30N2O2/c1-4-10-20-12-13-22-18-14-15(7-8-16(18)20)17(21)9-11-19(5-2)6-3/h7-8,14,17,21H,4-6,9-13H2,1-3H3. The Labute approximate surface area is 134 Å². The largest absolute Gasteiger partial charge is 0.490 e. The van der Waals surface area contributed by atoms with Gasteiger partial charge in [-0.2, -0.15) is 0 Å². The number of nitrogens with zero attached hydrogens (tertiary/aromatic N) is 2. The summed E-state index contributed by atoms with van der Waals surface area (Å²) in [6, 6.07) is 6.16. The Morgan fingerprint density at radius 1 is 1.27 bits per heavy atom. The molecule has 1 aliphatic rings. The Morgan fingerprint density at radius 3 is 2.73 bits per heavy atom. The molecule has 1 aromatic carbocycles. The average molecular weight is 306 g/mol. The minimum Gasteiger partial charge on any atom is -0.490 e. The Balaban J connectivity index is 2.03. The number of aliphatic hydroxyl groups excluding tert-OH is 1. The predicted molar refractivity (Wildman–Crippen MR) is 91.8 cm³/mol. The van der Waals surface area contributed by atoms with Crippen LogP contribution >= 0.6 is 0 Å². The van der Waals surface area contributed by atoms with E-state index in [1.807, 2.05) is 12.1 Å². The molecular weight excluding hydrogens is 276 g/mol. The van der Waals surface area contributed by atoms with Gasteiger partial charge in [0.05, 0.1) is 18.3 Å². The van der Waals surface area contributed by atoms with E-state index in [1.165, 1.54) is 0 Å². The van der Waals surface area contributed by atoms with Crippen molar-refractivity contribution in [1.82, 2.24) is 4.90 Å². The summed E-state index contributed by atoms with van der Waals surface area (Å²) in [5, 5.41) is 10.4. The van der Waals surface area contributed by atoms with E-state index in [2.05, 4.69) is 36.6 Å². The molecule has 1 unspecified atom stereocenters. The van der Waals surface area contributed by atoms with Gasteiger partial charge in [-0.1, -0.05) is 26.8 Å². The van der Waals surface area contributed by atoms with Gasteiger partial charge in [0.25, 0.3) is 0 Å². The number of hydrogen-bond donors (Lipinski definition) is 1. The van der Waals surface area contributed by atoms with E-state index in [9.17, 15) is 5.11 Å². The van der Waals surface area contributed by atoms with Crippen molar-refractivity contribution in [3.63, 3.8) is 0 Å². The number of benzene rings is 1. The Kier molecular flexibility index (Phi) is 6.52. The van der Waals surface area contributed by atoms with Crippen LogP contribution in [0, 0.1) is 0 Å². The van der Waals surface area contributed by atoms with Crippen molar-refractivity contribution in [2.24, 2.45) is 0 Å². The highest BCUT2D eigenvalue weighted by molar-refractivity contribution is 5.61. The van der Waals surface area contributed by atoms with E-state index in [1.54, 1.807) is 0 Å². The summed E-state index contributed by atoms with van der Waals surface area (Å²) in [5.41, 5.74) is 2.12. The van der Waals surface area contributed by atoms with E-state index in [0.717, 1.165) is 69.2 Å².